The average molecular weight is 349 g/mol. The summed E-state index contributed by atoms with van der Waals surface area (Å²) in [4.78, 5) is 23.8. The van der Waals surface area contributed by atoms with Crippen molar-refractivity contribution in [2.75, 3.05) is 5.32 Å². The van der Waals surface area contributed by atoms with Gasteiger partial charge in [-0.25, -0.2) is 9.18 Å². The van der Waals surface area contributed by atoms with Crippen LogP contribution in [0.1, 0.15) is 40.9 Å². The lowest BCUT2D eigenvalue weighted by atomic mass is 10.1. The Morgan fingerprint density at radius 3 is 2.75 bits per heavy atom. The van der Waals surface area contributed by atoms with Crippen LogP contribution in [0.2, 0.25) is 0 Å². The summed E-state index contributed by atoms with van der Waals surface area (Å²) < 4.78 is 19.0. The number of carbonyl (C=O) groups excluding carboxylic acids is 1. The van der Waals surface area contributed by atoms with E-state index >= 15 is 0 Å². The summed E-state index contributed by atoms with van der Waals surface area (Å²) in [5.74, 6) is -1.88. The van der Waals surface area contributed by atoms with Gasteiger partial charge in [0.15, 0.2) is 17.7 Å². The molecule has 1 aromatic heterocycles. The molecule has 0 bridgehead atoms. The van der Waals surface area contributed by atoms with Crippen LogP contribution in [0.3, 0.4) is 0 Å². The van der Waals surface area contributed by atoms with Crippen molar-refractivity contribution in [2.24, 2.45) is 0 Å². The van der Waals surface area contributed by atoms with Crippen molar-refractivity contribution in [3.8, 4) is 5.75 Å². The smallest absolute Gasteiger partial charge is 0.344 e. The zero-order chi connectivity index (χ0) is 17.3. The largest absolute Gasteiger partial charge is 0.479 e. The van der Waals surface area contributed by atoms with Crippen LogP contribution in [-0.4, -0.2) is 23.1 Å². The van der Waals surface area contributed by atoms with E-state index in [0.29, 0.717) is 16.5 Å². The van der Waals surface area contributed by atoms with Gasteiger partial charge in [0.1, 0.15) is 0 Å². The molecule has 1 fully saturated rings. The van der Waals surface area contributed by atoms with Gasteiger partial charge in [0.2, 0.25) is 0 Å². The Balaban J connectivity index is 1.71. The summed E-state index contributed by atoms with van der Waals surface area (Å²) in [5.41, 5.74) is 1.34. The fourth-order valence-corrected chi connectivity index (χ4v) is 3.20. The first kappa shape index (κ1) is 16.4. The van der Waals surface area contributed by atoms with Crippen LogP contribution >= 0.6 is 11.3 Å². The van der Waals surface area contributed by atoms with Gasteiger partial charge < -0.3 is 15.2 Å². The van der Waals surface area contributed by atoms with E-state index in [-0.39, 0.29) is 11.7 Å². The number of ether oxygens (including phenoxy) is 1. The maximum absolute atomic E-state index is 14.0. The molecule has 1 atom stereocenters. The molecule has 1 unspecified atom stereocenters. The van der Waals surface area contributed by atoms with Gasteiger partial charge in [-0.1, -0.05) is 0 Å². The first-order valence-corrected chi connectivity index (χ1v) is 8.41. The fraction of sp³-hybridized carbons (Fsp3) is 0.294. The highest BCUT2D eigenvalue weighted by Gasteiger charge is 2.29. The normalized spacial score (nSPS) is 14.9. The van der Waals surface area contributed by atoms with Crippen LogP contribution in [-0.2, 0) is 4.79 Å². The molecule has 5 nitrogen and oxygen atoms in total. The predicted octanol–water partition coefficient (Wildman–Crippen LogP) is 3.87. The number of thiophene rings is 1. The maximum atomic E-state index is 14.0. The van der Waals surface area contributed by atoms with Gasteiger partial charge in [-0.3, -0.25) is 4.79 Å². The standard InChI is InChI=1S/C17H16FNO4S/c1-9(17(21)22)23-14-5-4-11(8-13(14)18)19-16(20)15-12(6-7-24-15)10-2-3-10/h4-10H,2-3H2,1H3,(H,19,20)(H,21,22). The van der Waals surface area contributed by atoms with Gasteiger partial charge in [-0.2, -0.15) is 0 Å². The zero-order valence-electron chi connectivity index (χ0n) is 12.9. The third-order valence-electron chi connectivity index (χ3n) is 3.76. The molecule has 1 aliphatic carbocycles. The second-order valence-electron chi connectivity index (χ2n) is 5.68. The highest BCUT2D eigenvalue weighted by Crippen LogP contribution is 2.43. The van der Waals surface area contributed by atoms with E-state index in [1.54, 1.807) is 0 Å². The van der Waals surface area contributed by atoms with Crippen molar-refractivity contribution in [1.29, 1.82) is 0 Å². The third kappa shape index (κ3) is 3.56. The zero-order valence-corrected chi connectivity index (χ0v) is 13.7. The second kappa shape index (κ2) is 6.60. The topological polar surface area (TPSA) is 75.6 Å². The molecule has 1 amide bonds. The summed E-state index contributed by atoms with van der Waals surface area (Å²) in [6, 6.07) is 5.87. The Morgan fingerprint density at radius 2 is 2.12 bits per heavy atom. The summed E-state index contributed by atoms with van der Waals surface area (Å²) in [5, 5.41) is 13.3. The Hall–Kier alpha value is -2.41. The molecule has 0 saturated heterocycles. The minimum Gasteiger partial charge on any atom is -0.479 e. The Bertz CT molecular complexity index is 785. The van der Waals surface area contributed by atoms with E-state index in [9.17, 15) is 14.0 Å². The highest BCUT2D eigenvalue weighted by atomic mass is 32.1. The fourth-order valence-electron chi connectivity index (χ4n) is 2.32. The van der Waals surface area contributed by atoms with Gasteiger partial charge in [-0.05, 0) is 54.8 Å². The Morgan fingerprint density at radius 1 is 1.38 bits per heavy atom. The summed E-state index contributed by atoms with van der Waals surface area (Å²) in [6.07, 6.45) is 1.03. The van der Waals surface area contributed by atoms with Crippen molar-refractivity contribution in [3.05, 3.63) is 45.9 Å². The quantitative estimate of drug-likeness (QED) is 0.830. The minimum absolute atomic E-state index is 0.169. The van der Waals surface area contributed by atoms with Gasteiger partial charge in [0.25, 0.3) is 5.91 Å². The monoisotopic (exact) mass is 349 g/mol. The molecule has 1 aromatic carbocycles. The number of carbonyl (C=O) groups is 2. The Labute approximate surface area is 142 Å². The molecule has 1 aliphatic rings. The lowest BCUT2D eigenvalue weighted by Crippen LogP contribution is -2.23. The number of amides is 1. The van der Waals surface area contributed by atoms with Crippen molar-refractivity contribution in [2.45, 2.75) is 31.8 Å². The third-order valence-corrected chi connectivity index (χ3v) is 4.69. The molecule has 2 N–H and O–H groups in total. The Kier molecular flexibility index (Phi) is 4.53. The molecule has 126 valence electrons. The molecule has 0 radical (unpaired) electrons. The number of hydrogen-bond acceptors (Lipinski definition) is 4. The lowest BCUT2D eigenvalue weighted by Gasteiger charge is -2.12. The van der Waals surface area contributed by atoms with Gasteiger partial charge in [0, 0.05) is 11.8 Å². The number of rotatable bonds is 6. The first-order chi connectivity index (χ1) is 11.5. The van der Waals surface area contributed by atoms with E-state index in [0.717, 1.165) is 24.5 Å². The van der Waals surface area contributed by atoms with Gasteiger partial charge in [-0.15, -0.1) is 11.3 Å². The summed E-state index contributed by atoms with van der Waals surface area (Å²) in [6.45, 7) is 1.31. The number of carboxylic acid groups (broad SMARTS) is 1. The molecule has 0 aliphatic heterocycles. The molecule has 1 saturated carbocycles. The van der Waals surface area contributed by atoms with E-state index in [1.165, 1.54) is 30.4 Å². The van der Waals surface area contributed by atoms with E-state index < -0.39 is 17.9 Å². The molecular formula is C17H16FNO4S. The minimum atomic E-state index is -1.18. The molecule has 2 aromatic rings. The van der Waals surface area contributed by atoms with Crippen molar-refractivity contribution < 1.29 is 23.8 Å². The maximum Gasteiger partial charge on any atom is 0.344 e. The van der Waals surface area contributed by atoms with Crippen LogP contribution in [0.4, 0.5) is 10.1 Å². The number of hydrogen-bond donors (Lipinski definition) is 2. The number of benzene rings is 1. The van der Waals surface area contributed by atoms with Crippen molar-refractivity contribution in [1.82, 2.24) is 0 Å². The average Bonchev–Trinajstić information content (AvgIpc) is 3.26. The molecular weight excluding hydrogens is 333 g/mol. The van der Waals surface area contributed by atoms with Crippen molar-refractivity contribution >= 4 is 28.9 Å². The SMILES string of the molecule is CC(Oc1ccc(NC(=O)c2sccc2C2CC2)cc1F)C(=O)O. The molecule has 3 rings (SSSR count). The molecule has 7 heteroatoms. The number of anilines is 1. The lowest BCUT2D eigenvalue weighted by molar-refractivity contribution is -0.144. The summed E-state index contributed by atoms with van der Waals surface area (Å²) >= 11 is 1.37. The van der Waals surface area contributed by atoms with E-state index in [1.807, 2.05) is 11.4 Å². The van der Waals surface area contributed by atoms with Gasteiger partial charge >= 0.3 is 5.97 Å². The first-order valence-electron chi connectivity index (χ1n) is 7.53. The number of halogens is 1. The second-order valence-corrected chi connectivity index (χ2v) is 6.59. The van der Waals surface area contributed by atoms with Crippen LogP contribution < -0.4 is 10.1 Å². The number of aliphatic carboxylic acids is 1. The van der Waals surface area contributed by atoms with Crippen LogP contribution in [0.5, 0.6) is 5.75 Å². The molecule has 24 heavy (non-hydrogen) atoms. The van der Waals surface area contributed by atoms with Crippen LogP contribution in [0.25, 0.3) is 0 Å². The van der Waals surface area contributed by atoms with Crippen LogP contribution in [0.15, 0.2) is 29.6 Å². The molecule has 0 spiro atoms. The predicted molar refractivity (Wildman–Crippen MR) is 88.4 cm³/mol. The molecule has 1 heterocycles. The number of nitrogens with one attached hydrogen (secondary N) is 1. The number of carboxylic acids is 1. The van der Waals surface area contributed by atoms with Crippen LogP contribution in [0, 0.1) is 5.82 Å². The van der Waals surface area contributed by atoms with E-state index in [2.05, 4.69) is 5.32 Å². The highest BCUT2D eigenvalue weighted by molar-refractivity contribution is 7.12. The summed E-state index contributed by atoms with van der Waals surface area (Å²) in [7, 11) is 0. The van der Waals surface area contributed by atoms with Gasteiger partial charge in [0.05, 0.1) is 4.88 Å². The van der Waals surface area contributed by atoms with Crippen molar-refractivity contribution in [3.63, 3.8) is 0 Å². The van der Waals surface area contributed by atoms with E-state index in [4.69, 9.17) is 9.84 Å².